The molecule has 4 rings (SSSR count). The predicted molar refractivity (Wildman–Crippen MR) is 116 cm³/mol. The summed E-state index contributed by atoms with van der Waals surface area (Å²) in [6, 6.07) is 7.72. The first-order valence-electron chi connectivity index (χ1n) is 10.1. The zero-order valence-corrected chi connectivity index (χ0v) is 18.2. The third-order valence-electron chi connectivity index (χ3n) is 5.52. The molecule has 1 N–H and O–H groups in total. The van der Waals surface area contributed by atoms with Crippen molar-refractivity contribution in [2.45, 2.75) is 57.3 Å². The Balaban J connectivity index is 1.46. The number of thioether (sulfide) groups is 1. The summed E-state index contributed by atoms with van der Waals surface area (Å²) in [7, 11) is 0. The minimum absolute atomic E-state index is 0.0549. The van der Waals surface area contributed by atoms with Crippen molar-refractivity contribution >= 4 is 40.2 Å². The number of carbonyl (C=O) groups is 1. The molecule has 0 spiro atoms. The number of hydrogen-bond acceptors (Lipinski definition) is 5. The number of benzene rings is 1. The van der Waals surface area contributed by atoms with Crippen LogP contribution in [0.2, 0.25) is 5.02 Å². The highest BCUT2D eigenvalue weighted by atomic mass is 35.5. The van der Waals surface area contributed by atoms with Gasteiger partial charge in [-0.2, -0.15) is 0 Å². The lowest BCUT2D eigenvalue weighted by Gasteiger charge is -2.29. The first-order valence-corrected chi connectivity index (χ1v) is 11.5. The number of rotatable bonds is 6. The van der Waals surface area contributed by atoms with Gasteiger partial charge in [-0.25, -0.2) is 0 Å². The first kappa shape index (κ1) is 20.3. The van der Waals surface area contributed by atoms with Crippen molar-refractivity contribution in [1.29, 1.82) is 0 Å². The van der Waals surface area contributed by atoms with E-state index in [1.165, 1.54) is 31.0 Å². The molecule has 2 heterocycles. The molecule has 0 saturated heterocycles. The summed E-state index contributed by atoms with van der Waals surface area (Å²) in [5.74, 6) is 2.23. The van der Waals surface area contributed by atoms with E-state index in [1.807, 2.05) is 29.7 Å². The fourth-order valence-corrected chi connectivity index (χ4v) is 4.89. The van der Waals surface area contributed by atoms with Crippen molar-refractivity contribution in [3.05, 3.63) is 29.3 Å². The summed E-state index contributed by atoms with van der Waals surface area (Å²) < 4.78 is 7.91. The summed E-state index contributed by atoms with van der Waals surface area (Å²) in [5.41, 5.74) is 0.755. The number of nitrogens with zero attached hydrogens (tertiary/aromatic N) is 3. The van der Waals surface area contributed by atoms with E-state index in [2.05, 4.69) is 22.4 Å². The van der Waals surface area contributed by atoms with Gasteiger partial charge in [0.1, 0.15) is 5.58 Å². The fourth-order valence-electron chi connectivity index (χ4n) is 3.90. The van der Waals surface area contributed by atoms with Crippen LogP contribution in [-0.4, -0.2) is 32.5 Å². The van der Waals surface area contributed by atoms with Crippen molar-refractivity contribution in [2.24, 2.45) is 5.92 Å². The SMILES string of the molecule is CCn1c(SCC(=O)NC2CCCCC2C)nnc1-c1cc2cc(Cl)ccc2o1. The van der Waals surface area contributed by atoms with E-state index in [4.69, 9.17) is 16.0 Å². The van der Waals surface area contributed by atoms with Gasteiger partial charge in [-0.15, -0.1) is 10.2 Å². The van der Waals surface area contributed by atoms with Crippen LogP contribution in [0.25, 0.3) is 22.6 Å². The van der Waals surface area contributed by atoms with Gasteiger partial charge in [-0.05, 0) is 49.9 Å². The van der Waals surface area contributed by atoms with E-state index in [0.29, 0.717) is 46.0 Å². The number of fused-ring (bicyclic) bond motifs is 1. The maximum absolute atomic E-state index is 12.4. The average Bonchev–Trinajstić information content (AvgIpc) is 3.31. The fraction of sp³-hybridized carbons (Fsp3) is 0.476. The second kappa shape index (κ2) is 8.79. The highest BCUT2D eigenvalue weighted by molar-refractivity contribution is 7.99. The molecule has 0 bridgehead atoms. The standard InChI is InChI=1S/C21H25ClN4O2S/c1-3-26-20(18-11-14-10-15(22)8-9-17(14)28-18)24-25-21(26)29-12-19(27)23-16-7-5-4-6-13(16)2/h8-11,13,16H,3-7,12H2,1-2H3,(H,23,27). The van der Waals surface area contributed by atoms with Crippen LogP contribution in [0.4, 0.5) is 0 Å². The molecule has 1 aliphatic rings. The first-order chi connectivity index (χ1) is 14.0. The van der Waals surface area contributed by atoms with Gasteiger partial charge in [0.15, 0.2) is 10.9 Å². The maximum atomic E-state index is 12.4. The topological polar surface area (TPSA) is 73.0 Å². The number of nitrogens with one attached hydrogen (secondary N) is 1. The van der Waals surface area contributed by atoms with Crippen molar-refractivity contribution in [3.63, 3.8) is 0 Å². The van der Waals surface area contributed by atoms with Gasteiger partial charge in [0.2, 0.25) is 11.7 Å². The highest BCUT2D eigenvalue weighted by Gasteiger charge is 2.23. The van der Waals surface area contributed by atoms with Crippen molar-refractivity contribution in [2.75, 3.05) is 5.75 Å². The Kier molecular flexibility index (Phi) is 6.15. The van der Waals surface area contributed by atoms with Crippen LogP contribution in [0, 0.1) is 5.92 Å². The molecule has 1 aromatic carbocycles. The van der Waals surface area contributed by atoms with Gasteiger partial charge in [-0.1, -0.05) is 43.1 Å². The summed E-state index contributed by atoms with van der Waals surface area (Å²) in [5, 5.41) is 14.1. The molecule has 154 valence electrons. The lowest BCUT2D eigenvalue weighted by Crippen LogP contribution is -2.41. The van der Waals surface area contributed by atoms with E-state index in [9.17, 15) is 4.79 Å². The van der Waals surface area contributed by atoms with Crippen molar-refractivity contribution in [3.8, 4) is 11.6 Å². The maximum Gasteiger partial charge on any atom is 0.230 e. The van der Waals surface area contributed by atoms with Gasteiger partial charge in [0, 0.05) is 23.0 Å². The Morgan fingerprint density at radius 2 is 2.14 bits per heavy atom. The lowest BCUT2D eigenvalue weighted by atomic mass is 9.86. The zero-order valence-electron chi connectivity index (χ0n) is 16.7. The van der Waals surface area contributed by atoms with Gasteiger partial charge in [0.25, 0.3) is 0 Å². The zero-order chi connectivity index (χ0) is 20.4. The number of furan rings is 1. The summed E-state index contributed by atoms with van der Waals surface area (Å²) in [6.07, 6.45) is 4.72. The Hall–Kier alpha value is -1.99. The molecule has 2 aromatic heterocycles. The van der Waals surface area contributed by atoms with Crippen LogP contribution >= 0.6 is 23.4 Å². The number of halogens is 1. The second-order valence-electron chi connectivity index (χ2n) is 7.57. The Morgan fingerprint density at radius 1 is 1.31 bits per heavy atom. The van der Waals surface area contributed by atoms with Crippen LogP contribution in [0.15, 0.2) is 33.8 Å². The summed E-state index contributed by atoms with van der Waals surface area (Å²) in [4.78, 5) is 12.4. The quantitative estimate of drug-likeness (QED) is 0.545. The second-order valence-corrected chi connectivity index (χ2v) is 8.95. The molecule has 0 aliphatic heterocycles. The van der Waals surface area contributed by atoms with E-state index in [-0.39, 0.29) is 5.91 Å². The average molecular weight is 433 g/mol. The molecule has 1 aliphatic carbocycles. The van der Waals surface area contributed by atoms with Crippen LogP contribution < -0.4 is 5.32 Å². The minimum Gasteiger partial charge on any atom is -0.453 e. The van der Waals surface area contributed by atoms with Gasteiger partial charge in [0.05, 0.1) is 5.75 Å². The summed E-state index contributed by atoms with van der Waals surface area (Å²) in [6.45, 7) is 4.93. The molecule has 0 radical (unpaired) electrons. The molecule has 3 aromatic rings. The number of hydrogen-bond donors (Lipinski definition) is 1. The van der Waals surface area contributed by atoms with Crippen molar-refractivity contribution in [1.82, 2.24) is 20.1 Å². The van der Waals surface area contributed by atoms with Crippen LogP contribution in [0.1, 0.15) is 39.5 Å². The van der Waals surface area contributed by atoms with Gasteiger partial charge >= 0.3 is 0 Å². The Labute approximate surface area is 179 Å². The lowest BCUT2D eigenvalue weighted by molar-refractivity contribution is -0.119. The van der Waals surface area contributed by atoms with E-state index < -0.39 is 0 Å². The molecule has 1 fully saturated rings. The van der Waals surface area contributed by atoms with Crippen LogP contribution in [-0.2, 0) is 11.3 Å². The largest absolute Gasteiger partial charge is 0.453 e. The predicted octanol–water partition coefficient (Wildman–Crippen LogP) is 5.15. The smallest absolute Gasteiger partial charge is 0.230 e. The molecule has 1 amide bonds. The molecule has 2 unspecified atom stereocenters. The van der Waals surface area contributed by atoms with Crippen molar-refractivity contribution < 1.29 is 9.21 Å². The normalized spacial score (nSPS) is 19.6. The number of carbonyl (C=O) groups excluding carboxylic acids is 1. The number of amides is 1. The highest BCUT2D eigenvalue weighted by Crippen LogP contribution is 2.31. The molecule has 8 heteroatoms. The minimum atomic E-state index is 0.0549. The molecule has 1 saturated carbocycles. The Morgan fingerprint density at radius 3 is 2.93 bits per heavy atom. The third-order valence-corrected chi connectivity index (χ3v) is 6.72. The molecular weight excluding hydrogens is 408 g/mol. The van der Waals surface area contributed by atoms with Crippen LogP contribution in [0.3, 0.4) is 0 Å². The van der Waals surface area contributed by atoms with E-state index in [1.54, 1.807) is 6.07 Å². The monoisotopic (exact) mass is 432 g/mol. The van der Waals surface area contributed by atoms with Crippen LogP contribution in [0.5, 0.6) is 0 Å². The number of aromatic nitrogens is 3. The molecule has 6 nitrogen and oxygen atoms in total. The molecule has 2 atom stereocenters. The van der Waals surface area contributed by atoms with Gasteiger partial charge in [-0.3, -0.25) is 9.36 Å². The molecular formula is C21H25ClN4O2S. The van der Waals surface area contributed by atoms with E-state index >= 15 is 0 Å². The molecule has 29 heavy (non-hydrogen) atoms. The summed E-state index contributed by atoms with van der Waals surface area (Å²) >= 11 is 7.48. The third kappa shape index (κ3) is 4.46. The van der Waals surface area contributed by atoms with E-state index in [0.717, 1.165) is 17.4 Å². The Bertz CT molecular complexity index is 1020. The van der Waals surface area contributed by atoms with Gasteiger partial charge < -0.3 is 9.73 Å².